The van der Waals surface area contributed by atoms with E-state index >= 15 is 0 Å². The van der Waals surface area contributed by atoms with E-state index in [0.29, 0.717) is 29.3 Å². The van der Waals surface area contributed by atoms with E-state index in [9.17, 15) is 4.39 Å². The number of halogens is 2. The van der Waals surface area contributed by atoms with Gasteiger partial charge in [-0.2, -0.15) is 4.98 Å². The van der Waals surface area contributed by atoms with Gasteiger partial charge in [-0.1, -0.05) is 0 Å². The molecule has 128 valence electrons. The molecule has 0 N–H and O–H groups in total. The number of hydrogen-bond donors (Lipinski definition) is 0. The molecule has 1 aliphatic heterocycles. The van der Waals surface area contributed by atoms with E-state index in [-0.39, 0.29) is 5.82 Å². The Hall–Kier alpha value is -1.96. The average Bonchev–Trinajstić information content (AvgIpc) is 2.54. The minimum Gasteiger partial charge on any atom is -0.353 e. The molecule has 3 heterocycles. The highest BCUT2D eigenvalue weighted by atomic mass is 79.9. The topological polar surface area (TPSA) is 48.4 Å². The number of anilines is 3. The van der Waals surface area contributed by atoms with E-state index < -0.39 is 0 Å². The molecule has 0 aromatic carbocycles. The summed E-state index contributed by atoms with van der Waals surface area (Å²) in [7, 11) is 3.86. The lowest BCUT2D eigenvalue weighted by atomic mass is 10.3. The molecule has 1 fully saturated rings. The number of hydrogen-bond acceptors (Lipinski definition) is 6. The van der Waals surface area contributed by atoms with Crippen LogP contribution >= 0.6 is 15.9 Å². The number of aryl methyl sites for hydroxylation is 1. The summed E-state index contributed by atoms with van der Waals surface area (Å²) in [6.07, 6.45) is 1.63. The number of piperazine rings is 1. The maximum atomic E-state index is 14.1. The molecule has 0 amide bonds. The van der Waals surface area contributed by atoms with Crippen LogP contribution in [0.3, 0.4) is 0 Å². The van der Waals surface area contributed by atoms with Gasteiger partial charge in [0.25, 0.3) is 0 Å². The summed E-state index contributed by atoms with van der Waals surface area (Å²) in [5, 5.41) is 0. The van der Waals surface area contributed by atoms with E-state index in [1.807, 2.05) is 36.9 Å². The van der Waals surface area contributed by atoms with Crippen LogP contribution in [0.1, 0.15) is 5.69 Å². The second-order valence-corrected chi connectivity index (χ2v) is 6.91. The maximum Gasteiger partial charge on any atom is 0.226 e. The third kappa shape index (κ3) is 3.58. The lowest BCUT2D eigenvalue weighted by Gasteiger charge is -2.36. The molecule has 2 aromatic heterocycles. The molecule has 2 aromatic rings. The Kier molecular flexibility index (Phi) is 4.84. The molecule has 0 aliphatic carbocycles. The largest absolute Gasteiger partial charge is 0.353 e. The van der Waals surface area contributed by atoms with Crippen LogP contribution in [-0.2, 0) is 0 Å². The fraction of sp³-hybridized carbons (Fsp3) is 0.438. The molecule has 0 bridgehead atoms. The van der Waals surface area contributed by atoms with Crippen molar-refractivity contribution in [2.24, 2.45) is 0 Å². The number of rotatable bonds is 3. The summed E-state index contributed by atoms with van der Waals surface area (Å²) in [4.78, 5) is 19.3. The highest BCUT2D eigenvalue weighted by Crippen LogP contribution is 2.23. The maximum absolute atomic E-state index is 14.1. The van der Waals surface area contributed by atoms with E-state index in [4.69, 9.17) is 0 Å². The van der Waals surface area contributed by atoms with Crippen LogP contribution in [0.15, 0.2) is 22.8 Å². The van der Waals surface area contributed by atoms with Crippen molar-refractivity contribution in [1.29, 1.82) is 0 Å². The molecule has 0 spiro atoms. The second kappa shape index (κ2) is 6.88. The highest BCUT2D eigenvalue weighted by molar-refractivity contribution is 9.10. The van der Waals surface area contributed by atoms with E-state index in [1.165, 1.54) is 6.07 Å². The molecule has 0 unspecified atom stereocenters. The van der Waals surface area contributed by atoms with E-state index in [0.717, 1.165) is 24.6 Å². The molecule has 0 atom stereocenters. The molecule has 1 saturated heterocycles. The second-order valence-electron chi connectivity index (χ2n) is 6.00. The summed E-state index contributed by atoms with van der Waals surface area (Å²) in [6.45, 7) is 4.90. The van der Waals surface area contributed by atoms with Crippen molar-refractivity contribution < 1.29 is 4.39 Å². The first-order chi connectivity index (χ1) is 11.4. The van der Waals surface area contributed by atoms with Crippen molar-refractivity contribution in [2.75, 3.05) is 55.0 Å². The van der Waals surface area contributed by atoms with Gasteiger partial charge < -0.3 is 14.7 Å². The van der Waals surface area contributed by atoms with Crippen molar-refractivity contribution in [3.63, 3.8) is 0 Å². The van der Waals surface area contributed by atoms with Crippen molar-refractivity contribution in [3.05, 3.63) is 34.3 Å². The Labute approximate surface area is 149 Å². The van der Waals surface area contributed by atoms with Crippen LogP contribution in [-0.4, -0.2) is 55.2 Å². The lowest BCUT2D eigenvalue weighted by Crippen LogP contribution is -2.47. The van der Waals surface area contributed by atoms with Crippen molar-refractivity contribution in [1.82, 2.24) is 15.0 Å². The Morgan fingerprint density at radius 2 is 1.75 bits per heavy atom. The van der Waals surface area contributed by atoms with Crippen molar-refractivity contribution >= 4 is 33.5 Å². The van der Waals surface area contributed by atoms with Crippen LogP contribution in [0.2, 0.25) is 0 Å². The summed E-state index contributed by atoms with van der Waals surface area (Å²) in [5.41, 5.74) is 0.937. The zero-order chi connectivity index (χ0) is 17.3. The summed E-state index contributed by atoms with van der Waals surface area (Å²) in [6, 6.07) is 3.44. The van der Waals surface area contributed by atoms with Crippen LogP contribution in [0.5, 0.6) is 0 Å². The van der Waals surface area contributed by atoms with Gasteiger partial charge >= 0.3 is 0 Å². The highest BCUT2D eigenvalue weighted by Gasteiger charge is 2.22. The molecule has 24 heavy (non-hydrogen) atoms. The average molecular weight is 395 g/mol. The van der Waals surface area contributed by atoms with Crippen LogP contribution in [0.4, 0.5) is 22.0 Å². The quantitative estimate of drug-likeness (QED) is 0.796. The Morgan fingerprint density at radius 3 is 2.38 bits per heavy atom. The van der Waals surface area contributed by atoms with Gasteiger partial charge in [0.2, 0.25) is 5.95 Å². The molecular formula is C16H20BrFN6. The monoisotopic (exact) mass is 394 g/mol. The first-order valence-corrected chi connectivity index (χ1v) is 8.57. The van der Waals surface area contributed by atoms with Gasteiger partial charge in [-0.25, -0.2) is 14.4 Å². The zero-order valence-corrected chi connectivity index (χ0v) is 15.6. The molecule has 0 radical (unpaired) electrons. The Bertz CT molecular complexity index is 731. The normalized spacial score (nSPS) is 14.9. The first kappa shape index (κ1) is 16.9. The van der Waals surface area contributed by atoms with Gasteiger partial charge in [0, 0.05) is 62.7 Å². The van der Waals surface area contributed by atoms with E-state index in [1.54, 1.807) is 6.20 Å². The minimum absolute atomic E-state index is 0.300. The lowest BCUT2D eigenvalue weighted by molar-refractivity contribution is 0.586. The number of nitrogens with zero attached hydrogens (tertiary/aromatic N) is 6. The number of pyridine rings is 1. The summed E-state index contributed by atoms with van der Waals surface area (Å²) >= 11 is 3.24. The fourth-order valence-corrected chi connectivity index (χ4v) is 2.99. The van der Waals surface area contributed by atoms with Crippen molar-refractivity contribution in [2.45, 2.75) is 6.92 Å². The van der Waals surface area contributed by atoms with E-state index in [2.05, 4.69) is 35.8 Å². The van der Waals surface area contributed by atoms with Gasteiger partial charge in [-0.15, -0.1) is 0 Å². The molecule has 8 heteroatoms. The molecule has 6 nitrogen and oxygen atoms in total. The summed E-state index contributed by atoms with van der Waals surface area (Å²) < 4.78 is 14.7. The van der Waals surface area contributed by atoms with Gasteiger partial charge in [0.05, 0.1) is 0 Å². The Morgan fingerprint density at radius 1 is 1.08 bits per heavy atom. The predicted octanol–water partition coefficient (Wildman–Crippen LogP) is 2.47. The predicted molar refractivity (Wildman–Crippen MR) is 97.4 cm³/mol. The van der Waals surface area contributed by atoms with Crippen molar-refractivity contribution in [3.8, 4) is 0 Å². The third-order valence-electron chi connectivity index (χ3n) is 3.92. The Balaban J connectivity index is 1.73. The third-order valence-corrected chi connectivity index (χ3v) is 4.35. The summed E-state index contributed by atoms with van der Waals surface area (Å²) in [5.74, 6) is 1.72. The van der Waals surface area contributed by atoms with Crippen LogP contribution in [0.25, 0.3) is 0 Å². The fourth-order valence-electron chi connectivity index (χ4n) is 2.69. The minimum atomic E-state index is -0.300. The van der Waals surface area contributed by atoms with Crippen LogP contribution < -0.4 is 14.7 Å². The standard InChI is InChI=1S/C16H20BrFN6/c1-11-8-14(21-16(20-11)22(2)3)23-4-6-24(7-5-23)15-13(18)9-12(17)10-19-15/h8-10H,4-7H2,1-3H3. The van der Waals surface area contributed by atoms with Gasteiger partial charge in [0.15, 0.2) is 11.6 Å². The molecular weight excluding hydrogens is 375 g/mol. The van der Waals surface area contributed by atoms with Gasteiger partial charge in [-0.05, 0) is 28.9 Å². The smallest absolute Gasteiger partial charge is 0.226 e. The molecule has 1 aliphatic rings. The van der Waals surface area contributed by atoms with Gasteiger partial charge in [0.1, 0.15) is 5.82 Å². The van der Waals surface area contributed by atoms with Crippen LogP contribution in [0, 0.1) is 12.7 Å². The molecule has 3 rings (SSSR count). The molecule has 0 saturated carbocycles. The SMILES string of the molecule is Cc1cc(N2CCN(c3ncc(Br)cc3F)CC2)nc(N(C)C)n1. The van der Waals surface area contributed by atoms with Gasteiger partial charge in [-0.3, -0.25) is 0 Å². The zero-order valence-electron chi connectivity index (χ0n) is 14.0. The number of aromatic nitrogens is 3. The first-order valence-electron chi connectivity index (χ1n) is 7.78.